The van der Waals surface area contributed by atoms with Crippen LogP contribution < -0.4 is 0 Å². The third-order valence-corrected chi connectivity index (χ3v) is 4.73. The highest BCUT2D eigenvalue weighted by Gasteiger charge is 2.17. The van der Waals surface area contributed by atoms with Crippen LogP contribution in [0.4, 0.5) is 26.3 Å². The molecule has 29 heavy (non-hydrogen) atoms. The summed E-state index contributed by atoms with van der Waals surface area (Å²) < 4.78 is 83.8. The highest BCUT2D eigenvalue weighted by Crippen LogP contribution is 2.33. The van der Waals surface area contributed by atoms with Crippen LogP contribution in [-0.2, 0) is 0 Å². The summed E-state index contributed by atoms with van der Waals surface area (Å²) in [5, 5.41) is -0.0912. The van der Waals surface area contributed by atoms with Gasteiger partial charge in [-0.2, -0.15) is 0 Å². The molecule has 0 fully saturated rings. The van der Waals surface area contributed by atoms with E-state index in [0.29, 0.717) is 5.56 Å². The van der Waals surface area contributed by atoms with Gasteiger partial charge in [0.25, 0.3) is 0 Å². The van der Waals surface area contributed by atoms with E-state index in [1.807, 2.05) is 0 Å². The number of rotatable bonds is 2. The molecule has 6 heteroatoms. The molecular formula is C23H12F6. The SMILES string of the molecule is Cc1cc(F)c(-c2ccc(-c3ccc4c(F)c(F)c(F)cc4c3)c(F)c2)c(F)c1. The minimum Gasteiger partial charge on any atom is -0.206 e. The lowest BCUT2D eigenvalue weighted by Crippen LogP contribution is -1.95. The van der Waals surface area contributed by atoms with Gasteiger partial charge in [-0.1, -0.05) is 24.3 Å². The van der Waals surface area contributed by atoms with Crippen LogP contribution in [-0.4, -0.2) is 0 Å². The summed E-state index contributed by atoms with van der Waals surface area (Å²) in [6.07, 6.45) is 0. The molecule has 0 aromatic heterocycles. The van der Waals surface area contributed by atoms with Gasteiger partial charge in [-0.25, -0.2) is 26.3 Å². The van der Waals surface area contributed by atoms with E-state index < -0.39 is 34.9 Å². The zero-order valence-corrected chi connectivity index (χ0v) is 15.0. The second-order valence-corrected chi connectivity index (χ2v) is 6.72. The summed E-state index contributed by atoms with van der Waals surface area (Å²) >= 11 is 0. The maximum atomic E-state index is 14.7. The molecule has 0 radical (unpaired) electrons. The lowest BCUT2D eigenvalue weighted by Gasteiger charge is -2.10. The number of benzene rings is 4. The summed E-state index contributed by atoms with van der Waals surface area (Å²) in [5.41, 5.74) is 0.402. The van der Waals surface area contributed by atoms with Crippen molar-refractivity contribution in [2.75, 3.05) is 0 Å². The Morgan fingerprint density at radius 2 is 1.21 bits per heavy atom. The average molecular weight is 402 g/mol. The summed E-state index contributed by atoms with van der Waals surface area (Å²) in [6, 6.07) is 10.7. The van der Waals surface area contributed by atoms with Gasteiger partial charge in [0.05, 0.1) is 5.56 Å². The zero-order valence-electron chi connectivity index (χ0n) is 15.0. The Hall–Kier alpha value is -3.28. The Morgan fingerprint density at radius 3 is 1.86 bits per heavy atom. The Labute approximate surface area is 162 Å². The van der Waals surface area contributed by atoms with Crippen molar-refractivity contribution in [3.05, 3.63) is 95.1 Å². The summed E-state index contributed by atoms with van der Waals surface area (Å²) in [6.45, 7) is 1.54. The molecule has 0 spiro atoms. The molecule has 0 unspecified atom stereocenters. The minimum absolute atomic E-state index is 0.0150. The van der Waals surface area contributed by atoms with Gasteiger partial charge < -0.3 is 0 Å². The Bertz CT molecular complexity index is 1250. The molecule has 0 amide bonds. The molecule has 0 heterocycles. The Balaban J connectivity index is 1.82. The molecule has 0 bridgehead atoms. The molecule has 0 aliphatic carbocycles. The first kappa shape index (κ1) is 19.1. The summed E-state index contributed by atoms with van der Waals surface area (Å²) in [5.74, 6) is -6.66. The van der Waals surface area contributed by atoms with Gasteiger partial charge in [0, 0.05) is 10.9 Å². The van der Waals surface area contributed by atoms with Gasteiger partial charge in [-0.15, -0.1) is 0 Å². The van der Waals surface area contributed by atoms with Gasteiger partial charge >= 0.3 is 0 Å². The van der Waals surface area contributed by atoms with Gasteiger partial charge in [0.1, 0.15) is 17.5 Å². The number of halogens is 6. The predicted molar refractivity (Wildman–Crippen MR) is 99.3 cm³/mol. The largest absolute Gasteiger partial charge is 0.206 e. The third-order valence-electron chi connectivity index (χ3n) is 4.73. The Kier molecular flexibility index (Phi) is 4.57. The quantitative estimate of drug-likeness (QED) is 0.243. The molecule has 146 valence electrons. The Morgan fingerprint density at radius 1 is 0.552 bits per heavy atom. The van der Waals surface area contributed by atoms with E-state index in [4.69, 9.17) is 0 Å². The molecule has 0 N–H and O–H groups in total. The number of fused-ring (bicyclic) bond motifs is 1. The van der Waals surface area contributed by atoms with Gasteiger partial charge in [0.2, 0.25) is 0 Å². The lowest BCUT2D eigenvalue weighted by atomic mass is 9.96. The molecular weight excluding hydrogens is 390 g/mol. The van der Waals surface area contributed by atoms with Crippen molar-refractivity contribution in [1.82, 2.24) is 0 Å². The van der Waals surface area contributed by atoms with E-state index in [0.717, 1.165) is 24.3 Å². The topological polar surface area (TPSA) is 0 Å². The first-order valence-electron chi connectivity index (χ1n) is 8.59. The molecule has 0 nitrogen and oxygen atoms in total. The van der Waals surface area contributed by atoms with E-state index in [-0.39, 0.29) is 33.0 Å². The van der Waals surface area contributed by atoms with Crippen molar-refractivity contribution in [2.24, 2.45) is 0 Å². The summed E-state index contributed by atoms with van der Waals surface area (Å²) in [7, 11) is 0. The van der Waals surface area contributed by atoms with E-state index >= 15 is 0 Å². The molecule has 0 saturated heterocycles. The monoisotopic (exact) mass is 402 g/mol. The van der Waals surface area contributed by atoms with E-state index in [1.54, 1.807) is 0 Å². The van der Waals surface area contributed by atoms with Crippen LogP contribution in [0.3, 0.4) is 0 Å². The first-order chi connectivity index (χ1) is 13.8. The van der Waals surface area contributed by atoms with Crippen LogP contribution in [0, 0.1) is 41.8 Å². The van der Waals surface area contributed by atoms with Crippen molar-refractivity contribution < 1.29 is 26.3 Å². The molecule has 4 rings (SSSR count). The van der Waals surface area contributed by atoms with Crippen LogP contribution >= 0.6 is 0 Å². The highest BCUT2D eigenvalue weighted by atomic mass is 19.2. The predicted octanol–water partition coefficient (Wildman–Crippen LogP) is 7.32. The maximum absolute atomic E-state index is 14.7. The van der Waals surface area contributed by atoms with Crippen LogP contribution in [0.1, 0.15) is 5.56 Å². The van der Waals surface area contributed by atoms with Crippen molar-refractivity contribution in [3.63, 3.8) is 0 Å². The van der Waals surface area contributed by atoms with Crippen LogP contribution in [0.2, 0.25) is 0 Å². The minimum atomic E-state index is -1.58. The molecule has 0 aliphatic heterocycles. The van der Waals surface area contributed by atoms with Crippen molar-refractivity contribution in [2.45, 2.75) is 6.92 Å². The zero-order chi connectivity index (χ0) is 20.9. The van der Waals surface area contributed by atoms with Crippen molar-refractivity contribution in [3.8, 4) is 22.3 Å². The molecule has 0 saturated carbocycles. The number of hydrogen-bond acceptors (Lipinski definition) is 0. The summed E-state index contributed by atoms with van der Waals surface area (Å²) in [4.78, 5) is 0. The second-order valence-electron chi connectivity index (χ2n) is 6.72. The highest BCUT2D eigenvalue weighted by molar-refractivity contribution is 5.88. The molecule has 4 aromatic carbocycles. The van der Waals surface area contributed by atoms with E-state index in [9.17, 15) is 26.3 Å². The van der Waals surface area contributed by atoms with Gasteiger partial charge in [-0.3, -0.25) is 0 Å². The fraction of sp³-hybridized carbons (Fsp3) is 0.0435. The fourth-order valence-electron chi connectivity index (χ4n) is 3.35. The average Bonchev–Trinajstić information content (AvgIpc) is 2.65. The number of aryl methyl sites for hydroxylation is 1. The smallest absolute Gasteiger partial charge is 0.195 e. The first-order valence-corrected chi connectivity index (χ1v) is 8.59. The van der Waals surface area contributed by atoms with Gasteiger partial charge in [0.15, 0.2) is 17.5 Å². The lowest BCUT2D eigenvalue weighted by molar-refractivity contribution is 0.453. The van der Waals surface area contributed by atoms with E-state index in [1.165, 1.54) is 37.3 Å². The van der Waals surface area contributed by atoms with Crippen LogP contribution in [0.15, 0.2) is 54.6 Å². The number of hydrogen-bond donors (Lipinski definition) is 0. The third kappa shape index (κ3) is 3.24. The van der Waals surface area contributed by atoms with Crippen molar-refractivity contribution >= 4 is 10.8 Å². The van der Waals surface area contributed by atoms with Crippen LogP contribution in [0.5, 0.6) is 0 Å². The standard InChI is InChI=1S/C23H12F6/c1-11-6-18(25)21(19(26)7-11)13-3-4-15(17(24)9-13)12-2-5-16-14(8-12)10-20(27)23(29)22(16)28/h2-10H,1H3. The van der Waals surface area contributed by atoms with E-state index in [2.05, 4.69) is 0 Å². The molecule has 0 aliphatic rings. The fourth-order valence-corrected chi connectivity index (χ4v) is 3.35. The maximum Gasteiger partial charge on any atom is 0.195 e. The van der Waals surface area contributed by atoms with Crippen LogP contribution in [0.25, 0.3) is 33.0 Å². The second kappa shape index (κ2) is 6.95. The van der Waals surface area contributed by atoms with Gasteiger partial charge in [-0.05, 0) is 59.3 Å². The molecule has 4 aromatic rings. The van der Waals surface area contributed by atoms with Crippen molar-refractivity contribution in [1.29, 1.82) is 0 Å². The normalized spacial score (nSPS) is 11.3. The molecule has 0 atom stereocenters.